The number of benzene rings is 2. The van der Waals surface area contributed by atoms with Gasteiger partial charge in [0.05, 0.1) is 30.6 Å². The maximum absolute atomic E-state index is 13.0. The number of methoxy groups -OCH3 is 2. The number of hydrogen-bond acceptors (Lipinski definition) is 7. The molecule has 0 bridgehead atoms. The van der Waals surface area contributed by atoms with E-state index in [0.29, 0.717) is 37.2 Å². The Kier molecular flexibility index (Phi) is 7.70. The number of carboxylic acid groups (broad SMARTS) is 1. The van der Waals surface area contributed by atoms with Crippen LogP contribution in [-0.4, -0.2) is 42.2 Å². The minimum atomic E-state index is -0.825. The highest BCUT2D eigenvalue weighted by molar-refractivity contribution is 6.01. The summed E-state index contributed by atoms with van der Waals surface area (Å²) in [5, 5.41) is 26.7. The maximum Gasteiger partial charge on any atom is 0.306 e. The van der Waals surface area contributed by atoms with Gasteiger partial charge >= 0.3 is 5.97 Å². The van der Waals surface area contributed by atoms with Crippen LogP contribution < -0.4 is 20.1 Å². The molecule has 3 N–H and O–H groups in total. The Bertz CT molecular complexity index is 1030. The molecule has 0 radical (unpaired) electrons. The van der Waals surface area contributed by atoms with E-state index in [4.69, 9.17) is 9.47 Å². The fourth-order valence-corrected chi connectivity index (χ4v) is 3.99. The van der Waals surface area contributed by atoms with E-state index in [1.165, 1.54) is 32.4 Å². The van der Waals surface area contributed by atoms with Gasteiger partial charge in [0.1, 0.15) is 5.69 Å². The topological polar surface area (TPSA) is 140 Å². The summed E-state index contributed by atoms with van der Waals surface area (Å²) < 4.78 is 10.5. The number of para-hydroxylation sites is 1. The van der Waals surface area contributed by atoms with Crippen molar-refractivity contribution in [3.05, 3.63) is 57.6 Å². The van der Waals surface area contributed by atoms with Crippen molar-refractivity contribution >= 4 is 23.3 Å². The predicted molar refractivity (Wildman–Crippen MR) is 121 cm³/mol. The monoisotopic (exact) mass is 457 g/mol. The molecule has 1 aliphatic carbocycles. The molecule has 176 valence electrons. The SMILES string of the molecule is COc1ccc(CNC(=O)c2cccc([N+](=O)[O-])c2NC2CCC(C(=O)O)CC2)cc1OC. The molecule has 1 saturated carbocycles. The van der Waals surface area contributed by atoms with Gasteiger partial charge in [-0.3, -0.25) is 19.7 Å². The molecule has 1 amide bonds. The van der Waals surface area contributed by atoms with Crippen LogP contribution in [0, 0.1) is 16.0 Å². The smallest absolute Gasteiger partial charge is 0.306 e. The van der Waals surface area contributed by atoms with E-state index < -0.39 is 22.7 Å². The Morgan fingerprint density at radius 1 is 1.09 bits per heavy atom. The highest BCUT2D eigenvalue weighted by Gasteiger charge is 2.29. The van der Waals surface area contributed by atoms with Crippen LogP contribution in [0.15, 0.2) is 36.4 Å². The summed E-state index contributed by atoms with van der Waals surface area (Å²) in [5.41, 5.74) is 0.873. The summed E-state index contributed by atoms with van der Waals surface area (Å²) in [4.78, 5) is 35.2. The van der Waals surface area contributed by atoms with Crippen LogP contribution in [0.1, 0.15) is 41.6 Å². The molecule has 1 aliphatic rings. The molecule has 0 heterocycles. The Labute approximate surface area is 191 Å². The number of carbonyl (C=O) groups is 2. The summed E-state index contributed by atoms with van der Waals surface area (Å²) in [6.07, 6.45) is 2.06. The lowest BCUT2D eigenvalue weighted by molar-refractivity contribution is -0.384. The molecule has 0 aromatic heterocycles. The molecule has 10 nitrogen and oxygen atoms in total. The minimum Gasteiger partial charge on any atom is -0.493 e. The standard InChI is InChI=1S/C23H27N3O7/c1-32-19-11-6-14(12-20(19)33-2)13-24-22(27)17-4-3-5-18(26(30)31)21(17)25-16-9-7-15(8-10-16)23(28)29/h3-6,11-12,15-16,25H,7-10,13H2,1-2H3,(H,24,27)(H,28,29). The second-order valence-electron chi connectivity index (χ2n) is 7.86. The molecule has 0 aliphatic heterocycles. The zero-order valence-electron chi connectivity index (χ0n) is 18.5. The van der Waals surface area contributed by atoms with E-state index in [2.05, 4.69) is 10.6 Å². The Hall–Kier alpha value is -3.82. The van der Waals surface area contributed by atoms with Crippen LogP contribution in [-0.2, 0) is 11.3 Å². The van der Waals surface area contributed by atoms with Crippen molar-refractivity contribution in [3.8, 4) is 11.5 Å². The second-order valence-corrected chi connectivity index (χ2v) is 7.86. The molecular weight excluding hydrogens is 430 g/mol. The van der Waals surface area contributed by atoms with Crippen molar-refractivity contribution in [1.82, 2.24) is 5.32 Å². The van der Waals surface area contributed by atoms with Gasteiger partial charge in [-0.15, -0.1) is 0 Å². The highest BCUT2D eigenvalue weighted by atomic mass is 16.6. The molecular formula is C23H27N3O7. The number of carboxylic acids is 1. The molecule has 0 atom stereocenters. The third-order valence-electron chi connectivity index (χ3n) is 5.81. The second kappa shape index (κ2) is 10.7. The molecule has 3 rings (SSSR count). The number of hydrogen-bond donors (Lipinski definition) is 3. The first-order chi connectivity index (χ1) is 15.8. The lowest BCUT2D eigenvalue weighted by atomic mass is 9.86. The zero-order valence-corrected chi connectivity index (χ0v) is 18.5. The van der Waals surface area contributed by atoms with Crippen LogP contribution in [0.2, 0.25) is 0 Å². The number of amides is 1. The van der Waals surface area contributed by atoms with Gasteiger partial charge in [-0.2, -0.15) is 0 Å². The van der Waals surface area contributed by atoms with Gasteiger partial charge in [-0.1, -0.05) is 12.1 Å². The van der Waals surface area contributed by atoms with Gasteiger partial charge in [0.15, 0.2) is 11.5 Å². The molecule has 0 saturated heterocycles. The first-order valence-electron chi connectivity index (χ1n) is 10.6. The van der Waals surface area contributed by atoms with Crippen molar-refractivity contribution in [2.24, 2.45) is 5.92 Å². The summed E-state index contributed by atoms with van der Waals surface area (Å²) in [6.45, 7) is 0.186. The number of anilines is 1. The van der Waals surface area contributed by atoms with Crippen molar-refractivity contribution in [2.75, 3.05) is 19.5 Å². The molecule has 10 heteroatoms. The van der Waals surface area contributed by atoms with E-state index >= 15 is 0 Å². The van der Waals surface area contributed by atoms with Crippen LogP contribution in [0.3, 0.4) is 0 Å². The number of nitro groups is 1. The molecule has 33 heavy (non-hydrogen) atoms. The van der Waals surface area contributed by atoms with Crippen LogP contribution in [0.25, 0.3) is 0 Å². The van der Waals surface area contributed by atoms with Crippen molar-refractivity contribution in [3.63, 3.8) is 0 Å². The number of aliphatic carboxylic acids is 1. The fraction of sp³-hybridized carbons (Fsp3) is 0.391. The van der Waals surface area contributed by atoms with Gasteiger partial charge in [0.25, 0.3) is 11.6 Å². The van der Waals surface area contributed by atoms with E-state index in [1.54, 1.807) is 18.2 Å². The van der Waals surface area contributed by atoms with E-state index in [0.717, 1.165) is 5.56 Å². The Balaban J connectivity index is 1.77. The van der Waals surface area contributed by atoms with Crippen molar-refractivity contribution in [1.29, 1.82) is 0 Å². The third-order valence-corrected chi connectivity index (χ3v) is 5.81. The number of carbonyl (C=O) groups excluding carboxylic acids is 1. The first kappa shape index (κ1) is 23.8. The molecule has 0 unspecified atom stereocenters. The molecule has 1 fully saturated rings. The molecule has 2 aromatic carbocycles. The van der Waals surface area contributed by atoms with Gasteiger partial charge in [-0.05, 0) is 49.4 Å². The normalized spacial score (nSPS) is 17.6. The Morgan fingerprint density at radius 3 is 2.39 bits per heavy atom. The average molecular weight is 457 g/mol. The zero-order chi connectivity index (χ0) is 24.0. The highest BCUT2D eigenvalue weighted by Crippen LogP contribution is 2.33. The van der Waals surface area contributed by atoms with E-state index in [-0.39, 0.29) is 29.5 Å². The largest absolute Gasteiger partial charge is 0.493 e. The average Bonchev–Trinajstić information content (AvgIpc) is 2.82. The third kappa shape index (κ3) is 5.71. The molecule has 2 aromatic rings. The van der Waals surface area contributed by atoms with Crippen LogP contribution in [0.4, 0.5) is 11.4 Å². The number of nitrogens with one attached hydrogen (secondary N) is 2. The van der Waals surface area contributed by atoms with Gasteiger partial charge < -0.3 is 25.2 Å². The molecule has 0 spiro atoms. The predicted octanol–water partition coefficient (Wildman–Crippen LogP) is 3.60. The quantitative estimate of drug-likeness (QED) is 0.383. The maximum atomic E-state index is 13.0. The number of ether oxygens (including phenoxy) is 2. The van der Waals surface area contributed by atoms with Gasteiger partial charge in [0, 0.05) is 18.7 Å². The summed E-state index contributed by atoms with van der Waals surface area (Å²) in [5.74, 6) is -0.600. The van der Waals surface area contributed by atoms with Gasteiger partial charge in [-0.25, -0.2) is 0 Å². The number of nitro benzene ring substituents is 1. The van der Waals surface area contributed by atoms with Crippen molar-refractivity contribution < 1.29 is 29.1 Å². The summed E-state index contributed by atoms with van der Waals surface area (Å²) in [6, 6.07) is 9.45. The van der Waals surface area contributed by atoms with Crippen molar-refractivity contribution in [2.45, 2.75) is 38.3 Å². The summed E-state index contributed by atoms with van der Waals surface area (Å²) in [7, 11) is 3.05. The van der Waals surface area contributed by atoms with E-state index in [1.807, 2.05) is 0 Å². The van der Waals surface area contributed by atoms with Crippen LogP contribution in [0.5, 0.6) is 11.5 Å². The van der Waals surface area contributed by atoms with Crippen LogP contribution >= 0.6 is 0 Å². The van der Waals surface area contributed by atoms with E-state index in [9.17, 15) is 24.8 Å². The fourth-order valence-electron chi connectivity index (χ4n) is 3.99. The lowest BCUT2D eigenvalue weighted by Crippen LogP contribution is -2.31. The lowest BCUT2D eigenvalue weighted by Gasteiger charge is -2.28. The number of rotatable bonds is 9. The minimum absolute atomic E-state index is 0.145. The number of nitrogens with zero attached hydrogens (tertiary/aromatic N) is 1. The Morgan fingerprint density at radius 2 is 1.79 bits per heavy atom. The summed E-state index contributed by atoms with van der Waals surface area (Å²) >= 11 is 0. The first-order valence-corrected chi connectivity index (χ1v) is 10.6. The van der Waals surface area contributed by atoms with Gasteiger partial charge in [0.2, 0.25) is 0 Å².